The van der Waals surface area contributed by atoms with Crippen molar-refractivity contribution in [3.63, 3.8) is 0 Å². The normalized spacial score (nSPS) is 20.1. The Balaban J connectivity index is 1.52. The molecule has 0 N–H and O–H groups in total. The van der Waals surface area contributed by atoms with Crippen molar-refractivity contribution in [1.82, 2.24) is 4.90 Å². The molecule has 0 aromatic heterocycles. The monoisotopic (exact) mass is 513 g/mol. The molecule has 1 saturated heterocycles. The van der Waals surface area contributed by atoms with Gasteiger partial charge in [-0.05, 0) is 55.2 Å². The molecule has 192 valence electrons. The summed E-state index contributed by atoms with van der Waals surface area (Å²) in [6.07, 6.45) is 2.05. The number of methoxy groups -OCH3 is 1. The van der Waals surface area contributed by atoms with Crippen LogP contribution in [0.4, 0.5) is 0 Å². The summed E-state index contributed by atoms with van der Waals surface area (Å²) in [5.74, 6) is -0.139. The molecule has 0 radical (unpaired) electrons. The predicted molar refractivity (Wildman–Crippen MR) is 136 cm³/mol. The quantitative estimate of drug-likeness (QED) is 0.333. The zero-order valence-corrected chi connectivity index (χ0v) is 21.5. The summed E-state index contributed by atoms with van der Waals surface area (Å²) in [7, 11) is 1.62. The van der Waals surface area contributed by atoms with Gasteiger partial charge in [0.2, 0.25) is 5.91 Å². The molecule has 2 heterocycles. The van der Waals surface area contributed by atoms with Gasteiger partial charge in [0.15, 0.2) is 0 Å². The molecule has 2 atom stereocenters. The Hall–Kier alpha value is -2.87. The van der Waals surface area contributed by atoms with E-state index in [-0.39, 0.29) is 25.0 Å². The number of amides is 1. The second kappa shape index (κ2) is 12.4. The predicted octanol–water partition coefficient (Wildman–Crippen LogP) is 4.88. The Morgan fingerprint density at radius 1 is 1.11 bits per heavy atom. The largest absolute Gasteiger partial charge is 0.491 e. The first kappa shape index (κ1) is 26.2. The fraction of sp³-hybridized carbons (Fsp3) is 0.429. The zero-order valence-electron chi connectivity index (χ0n) is 20.7. The van der Waals surface area contributed by atoms with Gasteiger partial charge in [-0.2, -0.15) is 0 Å². The van der Waals surface area contributed by atoms with E-state index in [4.69, 9.17) is 30.5 Å². The highest BCUT2D eigenvalue weighted by Gasteiger charge is 2.38. The highest BCUT2D eigenvalue weighted by molar-refractivity contribution is 6.30. The number of ether oxygens (including phenoxy) is 4. The molecule has 2 aromatic rings. The molecule has 7 nitrogen and oxygen atoms in total. The van der Waals surface area contributed by atoms with E-state index >= 15 is 0 Å². The minimum Gasteiger partial charge on any atom is -0.491 e. The van der Waals surface area contributed by atoms with Gasteiger partial charge in [0.25, 0.3) is 0 Å². The van der Waals surface area contributed by atoms with Crippen molar-refractivity contribution in [2.24, 2.45) is 0 Å². The zero-order chi connectivity index (χ0) is 25.5. The van der Waals surface area contributed by atoms with Crippen LogP contribution in [0.2, 0.25) is 5.02 Å². The molecule has 1 fully saturated rings. The summed E-state index contributed by atoms with van der Waals surface area (Å²) in [5.41, 5.74) is 2.81. The first-order valence-corrected chi connectivity index (χ1v) is 12.6. The maximum absolute atomic E-state index is 13.4. The molecular formula is C28H32ClNO6. The van der Waals surface area contributed by atoms with Crippen molar-refractivity contribution in [2.75, 3.05) is 33.5 Å². The molecule has 0 spiro atoms. The standard InChI is InChI=1S/C28H32ClNO6/c1-19-27(28(32)36-18-20-5-11-23(12-6-20)35-15-14-33-2)25(21-7-9-22(29)10-8-21)16-26(31)30(19)17-24-4-3-13-34-24/h5-12,24-25H,3-4,13-18H2,1-2H3/t24-,25-/m0/s1. The van der Waals surface area contributed by atoms with E-state index in [0.29, 0.717) is 42.7 Å². The third-order valence-electron chi connectivity index (χ3n) is 6.57. The van der Waals surface area contributed by atoms with Gasteiger partial charge in [-0.25, -0.2) is 4.79 Å². The van der Waals surface area contributed by atoms with Crippen molar-refractivity contribution in [3.05, 3.63) is 76.0 Å². The van der Waals surface area contributed by atoms with Crippen LogP contribution in [0.15, 0.2) is 59.8 Å². The van der Waals surface area contributed by atoms with Crippen LogP contribution in [-0.2, 0) is 30.4 Å². The van der Waals surface area contributed by atoms with E-state index < -0.39 is 11.9 Å². The number of esters is 1. The Kier molecular flexibility index (Phi) is 9.02. The van der Waals surface area contributed by atoms with Gasteiger partial charge < -0.3 is 23.8 Å². The highest BCUT2D eigenvalue weighted by atomic mass is 35.5. The SMILES string of the molecule is COCCOc1ccc(COC(=O)C2=C(C)N(C[C@@H]3CCCO3)C(=O)C[C@H]2c2ccc(Cl)cc2)cc1. The van der Waals surface area contributed by atoms with Crippen LogP contribution >= 0.6 is 11.6 Å². The lowest BCUT2D eigenvalue weighted by Gasteiger charge is -2.35. The fourth-order valence-electron chi connectivity index (χ4n) is 4.62. The van der Waals surface area contributed by atoms with Crippen LogP contribution in [0.1, 0.15) is 43.2 Å². The minimum absolute atomic E-state index is 0.0159. The minimum atomic E-state index is -0.433. The van der Waals surface area contributed by atoms with Crippen molar-refractivity contribution in [2.45, 2.75) is 44.8 Å². The molecule has 0 unspecified atom stereocenters. The third kappa shape index (κ3) is 6.46. The average Bonchev–Trinajstić information content (AvgIpc) is 3.39. The van der Waals surface area contributed by atoms with Crippen LogP contribution in [-0.4, -0.2) is 56.4 Å². The molecule has 0 bridgehead atoms. The summed E-state index contributed by atoms with van der Waals surface area (Å²) < 4.78 is 22.1. The van der Waals surface area contributed by atoms with E-state index in [9.17, 15) is 9.59 Å². The maximum atomic E-state index is 13.4. The first-order valence-electron chi connectivity index (χ1n) is 12.2. The number of nitrogens with zero attached hydrogens (tertiary/aromatic N) is 1. The first-order chi connectivity index (χ1) is 17.5. The van der Waals surface area contributed by atoms with Crippen molar-refractivity contribution >= 4 is 23.5 Å². The van der Waals surface area contributed by atoms with Crippen LogP contribution in [0, 0.1) is 0 Å². The van der Waals surface area contributed by atoms with Crippen molar-refractivity contribution in [1.29, 1.82) is 0 Å². The number of allylic oxidation sites excluding steroid dienone is 1. The van der Waals surface area contributed by atoms with E-state index in [1.165, 1.54) is 0 Å². The lowest BCUT2D eigenvalue weighted by atomic mass is 9.83. The molecule has 0 aliphatic carbocycles. The number of rotatable bonds is 10. The molecular weight excluding hydrogens is 482 g/mol. The van der Waals surface area contributed by atoms with E-state index in [2.05, 4.69) is 0 Å². The summed E-state index contributed by atoms with van der Waals surface area (Å²) in [6.45, 7) is 4.05. The Labute approximate surface area is 216 Å². The van der Waals surface area contributed by atoms with Crippen LogP contribution in [0.25, 0.3) is 0 Å². The molecule has 2 aliphatic heterocycles. The number of carbonyl (C=O) groups excluding carboxylic acids is 2. The Morgan fingerprint density at radius 2 is 1.86 bits per heavy atom. The maximum Gasteiger partial charge on any atom is 0.336 e. The topological polar surface area (TPSA) is 74.3 Å². The third-order valence-corrected chi connectivity index (χ3v) is 6.83. The number of halogens is 1. The van der Waals surface area contributed by atoms with Gasteiger partial charge in [-0.1, -0.05) is 35.9 Å². The number of carbonyl (C=O) groups is 2. The van der Waals surface area contributed by atoms with Gasteiger partial charge in [0.05, 0.1) is 24.8 Å². The van der Waals surface area contributed by atoms with Crippen LogP contribution in [0.5, 0.6) is 5.75 Å². The van der Waals surface area contributed by atoms with Gasteiger partial charge in [0, 0.05) is 36.8 Å². The average molecular weight is 514 g/mol. The number of hydrogen-bond acceptors (Lipinski definition) is 6. The summed E-state index contributed by atoms with van der Waals surface area (Å²) in [6, 6.07) is 14.7. The number of hydrogen-bond donors (Lipinski definition) is 0. The Morgan fingerprint density at radius 3 is 2.53 bits per heavy atom. The van der Waals surface area contributed by atoms with E-state index in [1.54, 1.807) is 24.1 Å². The molecule has 36 heavy (non-hydrogen) atoms. The molecule has 4 rings (SSSR count). The summed E-state index contributed by atoms with van der Waals surface area (Å²) in [4.78, 5) is 28.3. The van der Waals surface area contributed by atoms with Gasteiger partial charge in [-0.15, -0.1) is 0 Å². The molecule has 8 heteroatoms. The second-order valence-corrected chi connectivity index (χ2v) is 9.44. The molecule has 1 amide bonds. The van der Waals surface area contributed by atoms with Crippen molar-refractivity contribution in [3.8, 4) is 5.75 Å². The van der Waals surface area contributed by atoms with Crippen molar-refractivity contribution < 1.29 is 28.5 Å². The smallest absolute Gasteiger partial charge is 0.336 e. The molecule has 2 aliphatic rings. The van der Waals surface area contributed by atoms with Gasteiger partial charge >= 0.3 is 5.97 Å². The summed E-state index contributed by atoms with van der Waals surface area (Å²) >= 11 is 6.08. The lowest BCUT2D eigenvalue weighted by Crippen LogP contribution is -2.42. The Bertz CT molecular complexity index is 1080. The highest BCUT2D eigenvalue weighted by Crippen LogP contribution is 2.38. The van der Waals surface area contributed by atoms with E-state index in [1.807, 2.05) is 43.3 Å². The van der Waals surface area contributed by atoms with Crippen LogP contribution in [0.3, 0.4) is 0 Å². The number of benzene rings is 2. The lowest BCUT2D eigenvalue weighted by molar-refractivity contribution is -0.141. The van der Waals surface area contributed by atoms with Crippen LogP contribution < -0.4 is 4.74 Å². The van der Waals surface area contributed by atoms with Gasteiger partial charge in [0.1, 0.15) is 19.0 Å². The van der Waals surface area contributed by atoms with E-state index in [0.717, 1.165) is 29.7 Å². The van der Waals surface area contributed by atoms with Gasteiger partial charge in [-0.3, -0.25) is 4.79 Å². The molecule has 0 saturated carbocycles. The second-order valence-electron chi connectivity index (χ2n) is 9.01. The summed E-state index contributed by atoms with van der Waals surface area (Å²) in [5, 5.41) is 0.598. The fourth-order valence-corrected chi connectivity index (χ4v) is 4.75. The molecule has 2 aromatic carbocycles.